The summed E-state index contributed by atoms with van der Waals surface area (Å²) < 4.78 is 7.57. The Bertz CT molecular complexity index is 1240. The lowest BCUT2D eigenvalue weighted by Crippen LogP contribution is -2.30. The molecule has 0 spiro atoms. The van der Waals surface area contributed by atoms with Crippen LogP contribution in [0.4, 0.5) is 0 Å². The molecule has 0 saturated carbocycles. The summed E-state index contributed by atoms with van der Waals surface area (Å²) in [6.45, 7) is 2.79. The molecule has 1 aliphatic rings. The van der Waals surface area contributed by atoms with Gasteiger partial charge < -0.3 is 19.5 Å². The molecule has 0 unspecified atom stereocenters. The van der Waals surface area contributed by atoms with Crippen molar-refractivity contribution in [2.75, 3.05) is 7.11 Å². The Morgan fingerprint density at radius 2 is 1.76 bits per heavy atom. The lowest BCUT2D eigenvalue weighted by atomic mass is 10.0. The van der Waals surface area contributed by atoms with Gasteiger partial charge in [0.2, 0.25) is 0 Å². The number of thiocarbonyl (C=S) groups is 1. The van der Waals surface area contributed by atoms with Crippen molar-refractivity contribution in [1.82, 2.24) is 19.8 Å². The molecule has 33 heavy (non-hydrogen) atoms. The highest BCUT2D eigenvalue weighted by Crippen LogP contribution is 2.40. The normalized spacial score (nSPS) is 17.8. The number of hydrogen-bond donors (Lipinski definition) is 1. The first-order valence-electron chi connectivity index (χ1n) is 11.0. The van der Waals surface area contributed by atoms with Crippen molar-refractivity contribution in [3.8, 4) is 11.4 Å². The van der Waals surface area contributed by atoms with Crippen LogP contribution >= 0.6 is 12.2 Å². The van der Waals surface area contributed by atoms with E-state index in [0.717, 1.165) is 27.9 Å². The molecule has 0 radical (unpaired) electrons. The summed E-state index contributed by atoms with van der Waals surface area (Å²) in [5.74, 6) is 0.844. The van der Waals surface area contributed by atoms with Gasteiger partial charge in [0.05, 0.1) is 24.9 Å². The van der Waals surface area contributed by atoms with Crippen molar-refractivity contribution < 1.29 is 4.74 Å². The third kappa shape index (κ3) is 4.22. The number of ether oxygens (including phenoxy) is 1. The summed E-state index contributed by atoms with van der Waals surface area (Å²) >= 11 is 5.85. The van der Waals surface area contributed by atoms with Crippen LogP contribution in [0, 0.1) is 6.92 Å². The van der Waals surface area contributed by atoms with Crippen molar-refractivity contribution in [1.29, 1.82) is 0 Å². The van der Waals surface area contributed by atoms with E-state index in [1.54, 1.807) is 7.11 Å². The molecule has 1 N–H and O–H groups in total. The molecule has 5 rings (SSSR count). The van der Waals surface area contributed by atoms with E-state index in [1.165, 1.54) is 11.1 Å². The molecule has 1 fully saturated rings. The van der Waals surface area contributed by atoms with E-state index in [2.05, 4.69) is 87.5 Å². The van der Waals surface area contributed by atoms with Gasteiger partial charge in [-0.2, -0.15) is 0 Å². The quantitative estimate of drug-likeness (QED) is 0.397. The number of rotatable bonds is 6. The fraction of sp³-hybridized carbons (Fsp3) is 0.185. The van der Waals surface area contributed by atoms with Gasteiger partial charge in [-0.1, -0.05) is 35.9 Å². The van der Waals surface area contributed by atoms with Gasteiger partial charge in [-0.3, -0.25) is 4.98 Å². The van der Waals surface area contributed by atoms with Gasteiger partial charge in [0, 0.05) is 30.3 Å². The zero-order chi connectivity index (χ0) is 22.8. The van der Waals surface area contributed by atoms with E-state index in [9.17, 15) is 0 Å². The Hall–Kier alpha value is -3.64. The van der Waals surface area contributed by atoms with Gasteiger partial charge in [-0.15, -0.1) is 0 Å². The molecule has 166 valence electrons. The SMILES string of the molecule is COc1ccc(CN2C(=S)N[C@@H](c3ccccn3)[C@H]2c2cccn2-c2ccc(C)cc2)cc1. The maximum absolute atomic E-state index is 5.85. The number of aryl methyl sites for hydroxylation is 1. The van der Waals surface area contributed by atoms with Crippen molar-refractivity contribution in [2.45, 2.75) is 25.6 Å². The van der Waals surface area contributed by atoms with Crippen LogP contribution in [0.2, 0.25) is 0 Å². The summed E-state index contributed by atoms with van der Waals surface area (Å²) in [6, 6.07) is 27.0. The fourth-order valence-corrected chi connectivity index (χ4v) is 4.71. The Morgan fingerprint density at radius 1 is 0.970 bits per heavy atom. The maximum atomic E-state index is 5.85. The number of benzene rings is 2. The third-order valence-electron chi connectivity index (χ3n) is 6.11. The van der Waals surface area contributed by atoms with Gasteiger partial charge in [-0.25, -0.2) is 0 Å². The molecule has 1 saturated heterocycles. The van der Waals surface area contributed by atoms with Crippen LogP contribution in [-0.4, -0.2) is 26.7 Å². The molecule has 2 atom stereocenters. The van der Waals surface area contributed by atoms with E-state index in [1.807, 2.05) is 30.5 Å². The van der Waals surface area contributed by atoms with Crippen LogP contribution in [0.5, 0.6) is 5.75 Å². The first kappa shape index (κ1) is 21.2. The van der Waals surface area contributed by atoms with Gasteiger partial charge >= 0.3 is 0 Å². The summed E-state index contributed by atoms with van der Waals surface area (Å²) in [5, 5.41) is 4.27. The third-order valence-corrected chi connectivity index (χ3v) is 6.46. The van der Waals surface area contributed by atoms with Crippen LogP contribution in [0.3, 0.4) is 0 Å². The molecule has 3 heterocycles. The molecular formula is C27H26N4OS. The highest BCUT2D eigenvalue weighted by molar-refractivity contribution is 7.80. The average molecular weight is 455 g/mol. The molecule has 5 nitrogen and oxygen atoms in total. The van der Waals surface area contributed by atoms with Crippen molar-refractivity contribution in [3.05, 3.63) is 114 Å². The second kappa shape index (κ2) is 9.08. The summed E-state index contributed by atoms with van der Waals surface area (Å²) in [7, 11) is 1.68. The van der Waals surface area contributed by atoms with Crippen LogP contribution in [0.25, 0.3) is 5.69 Å². The predicted octanol–water partition coefficient (Wildman–Crippen LogP) is 5.36. The Labute approximate surface area is 199 Å². The number of pyridine rings is 1. The highest BCUT2D eigenvalue weighted by Gasteiger charge is 2.41. The maximum Gasteiger partial charge on any atom is 0.170 e. The lowest BCUT2D eigenvalue weighted by Gasteiger charge is -2.29. The summed E-state index contributed by atoms with van der Waals surface area (Å²) in [4.78, 5) is 6.92. The van der Waals surface area contributed by atoms with Gasteiger partial charge in [-0.05, 0) is 73.2 Å². The van der Waals surface area contributed by atoms with Gasteiger partial charge in [0.15, 0.2) is 5.11 Å². The number of hydrogen-bond acceptors (Lipinski definition) is 3. The standard InChI is InChI=1S/C27H26N4OS/c1-19-8-12-21(13-9-19)30-17-5-7-24(30)26-25(23-6-3-4-16-28-23)29-27(33)31(26)18-20-10-14-22(32-2)15-11-20/h3-17,25-26H,18H2,1-2H3,(H,29,33)/t25-,26+/m0/s1. The minimum atomic E-state index is -0.0592. The summed E-state index contributed by atoms with van der Waals surface area (Å²) in [5.41, 5.74) is 5.67. The topological polar surface area (TPSA) is 42.3 Å². The monoisotopic (exact) mass is 454 g/mol. The largest absolute Gasteiger partial charge is 0.497 e. The lowest BCUT2D eigenvalue weighted by molar-refractivity contribution is 0.302. The van der Waals surface area contributed by atoms with Crippen LogP contribution in [-0.2, 0) is 6.54 Å². The first-order chi connectivity index (χ1) is 16.1. The second-order valence-electron chi connectivity index (χ2n) is 8.24. The zero-order valence-electron chi connectivity index (χ0n) is 18.7. The van der Waals surface area contributed by atoms with Crippen molar-refractivity contribution in [2.24, 2.45) is 0 Å². The summed E-state index contributed by atoms with van der Waals surface area (Å²) in [6.07, 6.45) is 3.95. The van der Waals surface area contributed by atoms with Crippen LogP contribution in [0.1, 0.15) is 34.6 Å². The predicted molar refractivity (Wildman–Crippen MR) is 134 cm³/mol. The molecule has 2 aromatic heterocycles. The number of aromatic nitrogens is 2. The number of nitrogens with zero attached hydrogens (tertiary/aromatic N) is 3. The van der Waals surface area contributed by atoms with E-state index in [0.29, 0.717) is 6.54 Å². The van der Waals surface area contributed by atoms with Crippen molar-refractivity contribution in [3.63, 3.8) is 0 Å². The van der Waals surface area contributed by atoms with E-state index >= 15 is 0 Å². The minimum absolute atomic E-state index is 0.0224. The van der Waals surface area contributed by atoms with Crippen LogP contribution in [0.15, 0.2) is 91.3 Å². The number of nitrogens with one attached hydrogen (secondary N) is 1. The van der Waals surface area contributed by atoms with E-state index in [-0.39, 0.29) is 12.1 Å². The van der Waals surface area contributed by atoms with E-state index in [4.69, 9.17) is 17.0 Å². The minimum Gasteiger partial charge on any atom is -0.497 e. The highest BCUT2D eigenvalue weighted by atomic mass is 32.1. The van der Waals surface area contributed by atoms with Crippen molar-refractivity contribution >= 4 is 17.3 Å². The molecule has 2 aromatic carbocycles. The molecule has 1 aliphatic heterocycles. The molecule has 0 aliphatic carbocycles. The number of methoxy groups -OCH3 is 1. The molecule has 4 aromatic rings. The molecule has 6 heteroatoms. The first-order valence-corrected chi connectivity index (χ1v) is 11.4. The van der Waals surface area contributed by atoms with Crippen LogP contribution < -0.4 is 10.1 Å². The van der Waals surface area contributed by atoms with E-state index < -0.39 is 0 Å². The zero-order valence-corrected chi connectivity index (χ0v) is 19.5. The Balaban J connectivity index is 1.57. The fourth-order valence-electron chi connectivity index (χ4n) is 4.40. The molecular weight excluding hydrogens is 428 g/mol. The smallest absolute Gasteiger partial charge is 0.170 e. The Morgan fingerprint density at radius 3 is 2.45 bits per heavy atom. The molecule has 0 amide bonds. The average Bonchev–Trinajstić information content (AvgIpc) is 3.45. The van der Waals surface area contributed by atoms with Gasteiger partial charge in [0.25, 0.3) is 0 Å². The van der Waals surface area contributed by atoms with Gasteiger partial charge in [0.1, 0.15) is 5.75 Å². The molecule has 0 bridgehead atoms. The second-order valence-corrected chi connectivity index (χ2v) is 8.63. The Kier molecular flexibility index (Phi) is 5.84.